The molecule has 1 amide bonds. The van der Waals surface area contributed by atoms with Crippen LogP contribution in [0.4, 0.5) is 0 Å². The maximum atomic E-state index is 11.8. The van der Waals surface area contributed by atoms with Gasteiger partial charge in [0.25, 0.3) is 0 Å². The van der Waals surface area contributed by atoms with E-state index in [0.717, 1.165) is 18.4 Å². The molecule has 1 heterocycles. The van der Waals surface area contributed by atoms with E-state index >= 15 is 0 Å². The summed E-state index contributed by atoms with van der Waals surface area (Å²) in [4.78, 5) is 16.1. The van der Waals surface area contributed by atoms with Gasteiger partial charge >= 0.3 is 0 Å². The van der Waals surface area contributed by atoms with Crippen LogP contribution in [0.15, 0.2) is 28.8 Å². The molecule has 2 aromatic rings. The summed E-state index contributed by atoms with van der Waals surface area (Å²) in [6.45, 7) is 6.17. The number of benzene rings is 1. The van der Waals surface area contributed by atoms with Gasteiger partial charge in [-0.3, -0.25) is 4.79 Å². The largest absolute Gasteiger partial charge is 0.353 e. The highest BCUT2D eigenvalue weighted by atomic mass is 32.2. The molecule has 2 rings (SSSR count). The van der Waals surface area contributed by atoms with Crippen LogP contribution in [0, 0.1) is 6.92 Å². The first-order valence-electron chi connectivity index (χ1n) is 7.85. The van der Waals surface area contributed by atoms with Crippen molar-refractivity contribution >= 4 is 17.7 Å². The number of carbonyl (C=O) groups is 1. The SMILES string of the molecule is CCC[C@H](C)NC(=O)CSCc1nc(-c2ccc(C)cc2)no1. The third kappa shape index (κ3) is 5.71. The minimum Gasteiger partial charge on any atom is -0.353 e. The van der Waals surface area contributed by atoms with Crippen LogP contribution in [0.25, 0.3) is 11.4 Å². The highest BCUT2D eigenvalue weighted by Crippen LogP contribution is 2.18. The Kier molecular flexibility index (Phi) is 6.65. The normalized spacial score (nSPS) is 12.1. The zero-order chi connectivity index (χ0) is 16.7. The van der Waals surface area contributed by atoms with Gasteiger partial charge in [-0.25, -0.2) is 0 Å². The predicted molar refractivity (Wildman–Crippen MR) is 93.1 cm³/mol. The summed E-state index contributed by atoms with van der Waals surface area (Å²) in [5, 5.41) is 6.96. The zero-order valence-electron chi connectivity index (χ0n) is 13.8. The van der Waals surface area contributed by atoms with Gasteiger partial charge in [0.2, 0.25) is 17.6 Å². The van der Waals surface area contributed by atoms with Gasteiger partial charge in [0.1, 0.15) is 0 Å². The Hall–Kier alpha value is -1.82. The number of aryl methyl sites for hydroxylation is 1. The summed E-state index contributed by atoms with van der Waals surface area (Å²) in [6, 6.07) is 8.20. The fraction of sp³-hybridized carbons (Fsp3) is 0.471. The van der Waals surface area contributed by atoms with Gasteiger partial charge in [0.15, 0.2) is 0 Å². The smallest absolute Gasteiger partial charge is 0.236 e. The van der Waals surface area contributed by atoms with Crippen LogP contribution in [0.5, 0.6) is 0 Å². The van der Waals surface area contributed by atoms with Crippen molar-refractivity contribution in [2.45, 2.75) is 45.4 Å². The molecule has 0 aliphatic rings. The predicted octanol–water partition coefficient (Wildman–Crippen LogP) is 3.58. The highest BCUT2D eigenvalue weighted by molar-refractivity contribution is 7.99. The van der Waals surface area contributed by atoms with Crippen molar-refractivity contribution < 1.29 is 9.32 Å². The second-order valence-electron chi connectivity index (χ2n) is 5.63. The molecule has 1 aromatic carbocycles. The molecule has 0 bridgehead atoms. The molecule has 5 nitrogen and oxygen atoms in total. The van der Waals surface area contributed by atoms with E-state index in [9.17, 15) is 4.79 Å². The number of thioether (sulfide) groups is 1. The van der Waals surface area contributed by atoms with Crippen molar-refractivity contribution in [1.29, 1.82) is 0 Å². The number of nitrogens with zero attached hydrogens (tertiary/aromatic N) is 2. The number of aromatic nitrogens is 2. The van der Waals surface area contributed by atoms with E-state index in [-0.39, 0.29) is 11.9 Å². The van der Waals surface area contributed by atoms with E-state index < -0.39 is 0 Å². The van der Waals surface area contributed by atoms with Gasteiger partial charge < -0.3 is 9.84 Å². The summed E-state index contributed by atoms with van der Waals surface area (Å²) < 4.78 is 5.24. The van der Waals surface area contributed by atoms with E-state index in [0.29, 0.717) is 23.2 Å². The lowest BCUT2D eigenvalue weighted by molar-refractivity contribution is -0.119. The highest BCUT2D eigenvalue weighted by Gasteiger charge is 2.10. The summed E-state index contributed by atoms with van der Waals surface area (Å²) in [5.41, 5.74) is 2.12. The molecule has 0 unspecified atom stereocenters. The first-order valence-corrected chi connectivity index (χ1v) is 9.00. The van der Waals surface area contributed by atoms with Crippen molar-refractivity contribution in [1.82, 2.24) is 15.5 Å². The molecular weight excluding hydrogens is 310 g/mol. The minimum absolute atomic E-state index is 0.0502. The average Bonchev–Trinajstić information content (AvgIpc) is 2.97. The monoisotopic (exact) mass is 333 g/mol. The van der Waals surface area contributed by atoms with Crippen LogP contribution in [-0.4, -0.2) is 27.8 Å². The Labute approximate surface area is 141 Å². The lowest BCUT2D eigenvalue weighted by Crippen LogP contribution is -2.33. The van der Waals surface area contributed by atoms with Crippen LogP contribution in [0.2, 0.25) is 0 Å². The third-order valence-electron chi connectivity index (χ3n) is 3.37. The Morgan fingerprint density at radius 2 is 2.09 bits per heavy atom. The van der Waals surface area contributed by atoms with Crippen molar-refractivity contribution in [2.75, 3.05) is 5.75 Å². The number of hydrogen-bond acceptors (Lipinski definition) is 5. The molecule has 0 radical (unpaired) electrons. The molecule has 0 spiro atoms. The van der Waals surface area contributed by atoms with Crippen LogP contribution in [-0.2, 0) is 10.5 Å². The van der Waals surface area contributed by atoms with Gasteiger partial charge in [-0.15, -0.1) is 11.8 Å². The van der Waals surface area contributed by atoms with E-state index in [1.165, 1.54) is 17.3 Å². The molecule has 1 N–H and O–H groups in total. The molecule has 6 heteroatoms. The molecule has 124 valence electrons. The van der Waals surface area contributed by atoms with Crippen LogP contribution in [0.1, 0.15) is 38.1 Å². The van der Waals surface area contributed by atoms with E-state index in [4.69, 9.17) is 4.52 Å². The quantitative estimate of drug-likeness (QED) is 0.799. The fourth-order valence-corrected chi connectivity index (χ4v) is 2.85. The third-order valence-corrected chi connectivity index (χ3v) is 4.28. The van der Waals surface area contributed by atoms with Crippen LogP contribution in [0.3, 0.4) is 0 Å². The van der Waals surface area contributed by atoms with E-state index in [1.807, 2.05) is 38.1 Å². The fourth-order valence-electron chi connectivity index (χ4n) is 2.19. The average molecular weight is 333 g/mol. The van der Waals surface area contributed by atoms with Crippen molar-refractivity contribution in [2.24, 2.45) is 0 Å². The van der Waals surface area contributed by atoms with Gasteiger partial charge in [0.05, 0.1) is 11.5 Å². The lowest BCUT2D eigenvalue weighted by atomic mass is 10.1. The van der Waals surface area contributed by atoms with E-state index in [2.05, 4.69) is 22.4 Å². The number of rotatable bonds is 8. The summed E-state index contributed by atoms with van der Waals surface area (Å²) in [6.07, 6.45) is 2.07. The summed E-state index contributed by atoms with van der Waals surface area (Å²) in [7, 11) is 0. The van der Waals surface area contributed by atoms with Gasteiger partial charge in [-0.05, 0) is 20.3 Å². The molecule has 0 aliphatic carbocycles. The molecule has 0 fully saturated rings. The van der Waals surface area contributed by atoms with Gasteiger partial charge in [-0.2, -0.15) is 4.98 Å². The molecule has 0 saturated carbocycles. The summed E-state index contributed by atoms with van der Waals surface area (Å²) in [5.74, 6) is 2.11. The van der Waals surface area contributed by atoms with Gasteiger partial charge in [-0.1, -0.05) is 48.3 Å². The summed E-state index contributed by atoms with van der Waals surface area (Å²) >= 11 is 1.48. The molecule has 0 aliphatic heterocycles. The Morgan fingerprint density at radius 3 is 2.78 bits per heavy atom. The van der Waals surface area contributed by atoms with Crippen molar-refractivity contribution in [3.8, 4) is 11.4 Å². The number of nitrogens with one attached hydrogen (secondary N) is 1. The first-order chi connectivity index (χ1) is 11.1. The molecule has 1 aromatic heterocycles. The Balaban J connectivity index is 1.79. The molecule has 0 saturated heterocycles. The van der Waals surface area contributed by atoms with E-state index in [1.54, 1.807) is 0 Å². The van der Waals surface area contributed by atoms with Crippen LogP contribution < -0.4 is 5.32 Å². The van der Waals surface area contributed by atoms with Gasteiger partial charge in [0, 0.05) is 11.6 Å². The maximum absolute atomic E-state index is 11.8. The standard InChI is InChI=1S/C17H23N3O2S/c1-4-5-13(3)18-15(21)10-23-11-16-19-17(20-22-16)14-8-6-12(2)7-9-14/h6-9,13H,4-5,10-11H2,1-3H3,(H,18,21)/t13-/m0/s1. The zero-order valence-corrected chi connectivity index (χ0v) is 14.7. The van der Waals surface area contributed by atoms with Crippen LogP contribution >= 0.6 is 11.8 Å². The second-order valence-corrected chi connectivity index (χ2v) is 6.61. The Morgan fingerprint density at radius 1 is 1.35 bits per heavy atom. The second kappa shape index (κ2) is 8.72. The number of carbonyl (C=O) groups excluding carboxylic acids is 1. The maximum Gasteiger partial charge on any atom is 0.236 e. The number of hydrogen-bond donors (Lipinski definition) is 1. The first kappa shape index (κ1) is 17.5. The number of amides is 1. The molecule has 1 atom stereocenters. The lowest BCUT2D eigenvalue weighted by Gasteiger charge is -2.11. The van der Waals surface area contributed by atoms with Crippen molar-refractivity contribution in [3.05, 3.63) is 35.7 Å². The van der Waals surface area contributed by atoms with Crippen molar-refractivity contribution in [3.63, 3.8) is 0 Å². The molecular formula is C17H23N3O2S. The Bertz CT molecular complexity index is 625. The topological polar surface area (TPSA) is 68.0 Å². The minimum atomic E-state index is 0.0502. The molecule has 23 heavy (non-hydrogen) atoms.